The van der Waals surface area contributed by atoms with E-state index in [1.807, 2.05) is 25.6 Å². The Morgan fingerprint density at radius 3 is 2.36 bits per heavy atom. The highest BCUT2D eigenvalue weighted by atomic mass is 35.5. The summed E-state index contributed by atoms with van der Waals surface area (Å²) in [4.78, 5) is 12.6. The fraction of sp³-hybridized carbons (Fsp3) is 0.750. The molecule has 2 saturated carbocycles. The van der Waals surface area contributed by atoms with Crippen LogP contribution in [0.15, 0.2) is 0 Å². The van der Waals surface area contributed by atoms with Gasteiger partial charge >= 0.3 is 0 Å². The lowest BCUT2D eigenvalue weighted by Crippen LogP contribution is -2.48. The molecule has 2 unspecified atom stereocenters. The maximum Gasteiger partial charge on any atom is 0.227 e. The maximum atomic E-state index is 12.6. The lowest BCUT2D eigenvalue weighted by Gasteiger charge is -2.43. The first-order valence-corrected chi connectivity index (χ1v) is 8.04. The summed E-state index contributed by atoms with van der Waals surface area (Å²) in [6, 6.07) is 0.310. The number of rotatable bonds is 2. The van der Waals surface area contributed by atoms with E-state index in [1.165, 1.54) is 19.3 Å². The molecule has 1 heterocycles. The van der Waals surface area contributed by atoms with E-state index in [9.17, 15) is 4.79 Å². The van der Waals surface area contributed by atoms with E-state index in [-0.39, 0.29) is 24.2 Å². The molecule has 6 heteroatoms. The summed E-state index contributed by atoms with van der Waals surface area (Å²) in [7, 11) is 1.90. The van der Waals surface area contributed by atoms with Crippen LogP contribution in [0.2, 0.25) is 0 Å². The van der Waals surface area contributed by atoms with Gasteiger partial charge in [0, 0.05) is 19.0 Å². The number of aromatic nitrogens is 2. The lowest BCUT2D eigenvalue weighted by atomic mass is 9.65. The Morgan fingerprint density at radius 1 is 1.27 bits per heavy atom. The summed E-state index contributed by atoms with van der Waals surface area (Å²) in [5.74, 6) is 1.32. The Labute approximate surface area is 138 Å². The number of hydrogen-bond donors (Lipinski definition) is 2. The zero-order valence-electron chi connectivity index (χ0n) is 13.6. The number of anilines is 1. The van der Waals surface area contributed by atoms with Crippen molar-refractivity contribution in [3.05, 3.63) is 11.4 Å². The second-order valence-corrected chi connectivity index (χ2v) is 6.86. The van der Waals surface area contributed by atoms with E-state index in [1.54, 1.807) is 0 Å². The fourth-order valence-electron chi connectivity index (χ4n) is 4.18. The molecule has 0 spiro atoms. The summed E-state index contributed by atoms with van der Waals surface area (Å²) in [5.41, 5.74) is 9.08. The van der Waals surface area contributed by atoms with Crippen LogP contribution in [0, 0.1) is 31.6 Å². The molecule has 1 aromatic rings. The van der Waals surface area contributed by atoms with Crippen molar-refractivity contribution in [1.29, 1.82) is 0 Å². The first-order valence-electron chi connectivity index (χ1n) is 8.04. The number of nitrogens with zero attached hydrogens (tertiary/aromatic N) is 2. The Hall–Kier alpha value is -1.07. The monoisotopic (exact) mass is 326 g/mol. The van der Waals surface area contributed by atoms with Crippen LogP contribution < -0.4 is 11.1 Å². The molecular formula is C16H27ClN4O. The summed E-state index contributed by atoms with van der Waals surface area (Å²) < 4.78 is 1.82. The normalized spacial score (nSPS) is 30.5. The van der Waals surface area contributed by atoms with Crippen molar-refractivity contribution in [2.45, 2.75) is 52.0 Å². The zero-order chi connectivity index (χ0) is 15.1. The third-order valence-corrected chi connectivity index (χ3v) is 5.54. The average Bonchev–Trinajstić information content (AvgIpc) is 2.65. The molecular weight excluding hydrogens is 300 g/mol. The van der Waals surface area contributed by atoms with Gasteiger partial charge in [0.2, 0.25) is 5.91 Å². The van der Waals surface area contributed by atoms with E-state index in [2.05, 4.69) is 10.4 Å². The minimum atomic E-state index is 0. The highest BCUT2D eigenvalue weighted by Gasteiger charge is 2.40. The van der Waals surface area contributed by atoms with E-state index >= 15 is 0 Å². The summed E-state index contributed by atoms with van der Waals surface area (Å²) >= 11 is 0. The van der Waals surface area contributed by atoms with Crippen molar-refractivity contribution in [2.24, 2.45) is 30.5 Å². The molecule has 2 atom stereocenters. The molecule has 1 aromatic heterocycles. The van der Waals surface area contributed by atoms with Crippen LogP contribution in [-0.4, -0.2) is 21.7 Å². The third kappa shape index (κ3) is 3.01. The molecule has 0 aromatic carbocycles. The number of carbonyl (C=O) groups is 1. The number of halogens is 1. The minimum Gasteiger partial charge on any atom is -0.327 e. The van der Waals surface area contributed by atoms with Crippen LogP contribution in [-0.2, 0) is 11.8 Å². The summed E-state index contributed by atoms with van der Waals surface area (Å²) in [5, 5.41) is 7.47. The quantitative estimate of drug-likeness (QED) is 0.877. The van der Waals surface area contributed by atoms with Gasteiger partial charge in [-0.1, -0.05) is 6.42 Å². The van der Waals surface area contributed by atoms with Gasteiger partial charge in [-0.25, -0.2) is 0 Å². The molecule has 5 nitrogen and oxygen atoms in total. The van der Waals surface area contributed by atoms with Gasteiger partial charge < -0.3 is 11.1 Å². The number of amides is 1. The highest BCUT2D eigenvalue weighted by Crippen LogP contribution is 2.42. The predicted octanol–water partition coefficient (Wildman–Crippen LogP) is 2.55. The first kappa shape index (κ1) is 17.3. The van der Waals surface area contributed by atoms with Crippen LogP contribution in [0.3, 0.4) is 0 Å². The van der Waals surface area contributed by atoms with Gasteiger partial charge in [0.1, 0.15) is 0 Å². The topological polar surface area (TPSA) is 72.9 Å². The van der Waals surface area contributed by atoms with Gasteiger partial charge in [-0.15, -0.1) is 12.4 Å². The molecule has 22 heavy (non-hydrogen) atoms. The number of fused-ring (bicyclic) bond motifs is 2. The van der Waals surface area contributed by atoms with Crippen LogP contribution in [0.25, 0.3) is 0 Å². The number of hydrogen-bond acceptors (Lipinski definition) is 3. The second-order valence-electron chi connectivity index (χ2n) is 6.86. The van der Waals surface area contributed by atoms with Crippen molar-refractivity contribution >= 4 is 24.0 Å². The van der Waals surface area contributed by atoms with Crippen molar-refractivity contribution < 1.29 is 4.79 Å². The lowest BCUT2D eigenvalue weighted by molar-refractivity contribution is -0.122. The van der Waals surface area contributed by atoms with Gasteiger partial charge in [-0.05, 0) is 51.4 Å². The van der Waals surface area contributed by atoms with Crippen molar-refractivity contribution in [3.63, 3.8) is 0 Å². The van der Waals surface area contributed by atoms with Gasteiger partial charge in [0.05, 0.1) is 17.1 Å². The molecule has 0 saturated heterocycles. The molecule has 3 N–H and O–H groups in total. The van der Waals surface area contributed by atoms with Crippen LogP contribution >= 0.6 is 12.4 Å². The highest BCUT2D eigenvalue weighted by molar-refractivity contribution is 5.93. The summed E-state index contributed by atoms with van der Waals surface area (Å²) in [6.07, 6.45) is 5.54. The average molecular weight is 327 g/mol. The molecule has 2 fully saturated rings. The number of nitrogens with one attached hydrogen (secondary N) is 1. The predicted molar refractivity (Wildman–Crippen MR) is 90.1 cm³/mol. The van der Waals surface area contributed by atoms with Gasteiger partial charge in [-0.2, -0.15) is 5.10 Å². The number of aryl methyl sites for hydroxylation is 2. The number of carbonyl (C=O) groups excluding carboxylic acids is 1. The Kier molecular flexibility index (Phi) is 5.17. The van der Waals surface area contributed by atoms with E-state index < -0.39 is 0 Å². The minimum absolute atomic E-state index is 0. The Balaban J connectivity index is 0.00000176. The molecule has 3 rings (SSSR count). The molecule has 1 amide bonds. The number of nitrogens with two attached hydrogens (primary N) is 1. The molecule has 0 radical (unpaired) electrons. The first-order chi connectivity index (χ1) is 9.97. The summed E-state index contributed by atoms with van der Waals surface area (Å²) in [6.45, 7) is 3.93. The molecule has 2 aliphatic carbocycles. The van der Waals surface area contributed by atoms with Crippen molar-refractivity contribution in [3.8, 4) is 0 Å². The van der Waals surface area contributed by atoms with Crippen LogP contribution in [0.4, 0.5) is 5.69 Å². The van der Waals surface area contributed by atoms with Gasteiger partial charge in [0.15, 0.2) is 0 Å². The zero-order valence-corrected chi connectivity index (χ0v) is 14.4. The Bertz CT molecular complexity index is 543. The van der Waals surface area contributed by atoms with Crippen molar-refractivity contribution in [1.82, 2.24) is 9.78 Å². The van der Waals surface area contributed by atoms with Gasteiger partial charge in [-0.3, -0.25) is 9.48 Å². The fourth-order valence-corrected chi connectivity index (χ4v) is 4.18. The maximum absolute atomic E-state index is 12.6. The molecule has 0 aliphatic heterocycles. The van der Waals surface area contributed by atoms with Crippen molar-refractivity contribution in [2.75, 3.05) is 5.32 Å². The van der Waals surface area contributed by atoms with E-state index in [0.29, 0.717) is 17.9 Å². The molecule has 124 valence electrons. The second kappa shape index (κ2) is 6.59. The molecule has 2 aliphatic rings. The van der Waals surface area contributed by atoms with E-state index in [0.717, 1.165) is 29.9 Å². The standard InChI is InChI=1S/C16H26N4O.ClH/c1-9-15(10(2)20(3)19-9)18-16(21)13-7-11-5-4-6-12(8-13)14(11)17;/h11-14H,4-8,17H2,1-3H3,(H,18,21);1H. The third-order valence-electron chi connectivity index (χ3n) is 5.54. The van der Waals surface area contributed by atoms with Crippen LogP contribution in [0.5, 0.6) is 0 Å². The molecule has 2 bridgehead atoms. The smallest absolute Gasteiger partial charge is 0.227 e. The SMILES string of the molecule is Cc1nn(C)c(C)c1NC(=O)C1CC2CCCC(C1)C2N.Cl. The largest absolute Gasteiger partial charge is 0.327 e. The van der Waals surface area contributed by atoms with E-state index in [4.69, 9.17) is 5.73 Å². The van der Waals surface area contributed by atoms with Crippen LogP contribution in [0.1, 0.15) is 43.5 Å². The van der Waals surface area contributed by atoms with Gasteiger partial charge in [0.25, 0.3) is 0 Å². The Morgan fingerprint density at radius 2 is 1.86 bits per heavy atom.